The average molecular weight is 548 g/mol. The van der Waals surface area contributed by atoms with Gasteiger partial charge in [0.2, 0.25) is 0 Å². The second-order valence-corrected chi connectivity index (χ2v) is 9.68. The minimum Gasteiger partial charge on any atom is -0.478 e. The third-order valence-electron chi connectivity index (χ3n) is 6.53. The normalized spacial score (nSPS) is 15.3. The summed E-state index contributed by atoms with van der Waals surface area (Å²) in [5, 5.41) is 26.5. The van der Waals surface area contributed by atoms with Crippen LogP contribution in [0.3, 0.4) is 0 Å². The predicted octanol–water partition coefficient (Wildman–Crippen LogP) is 5.25. The van der Waals surface area contributed by atoms with Crippen molar-refractivity contribution >= 4 is 29.2 Å². The summed E-state index contributed by atoms with van der Waals surface area (Å²) in [7, 11) is 0. The van der Waals surface area contributed by atoms with Crippen molar-refractivity contribution in [3.63, 3.8) is 0 Å². The van der Waals surface area contributed by atoms with Crippen LogP contribution in [0.25, 0.3) is 0 Å². The highest BCUT2D eigenvalue weighted by Gasteiger charge is 2.21. The number of carboxylic acid groups (broad SMARTS) is 1. The second kappa shape index (κ2) is 11.7. The molecule has 0 radical (unpaired) electrons. The number of nitrogens with one attached hydrogen (secondary N) is 2. The van der Waals surface area contributed by atoms with Crippen molar-refractivity contribution in [1.82, 2.24) is 10.3 Å². The van der Waals surface area contributed by atoms with Gasteiger partial charge in [0.15, 0.2) is 5.76 Å². The molecular formula is C29H26ClN3O6. The maximum Gasteiger partial charge on any atom is 0.335 e. The van der Waals surface area contributed by atoms with Crippen LogP contribution in [0, 0.1) is 0 Å². The lowest BCUT2D eigenvalue weighted by Crippen LogP contribution is -2.37. The number of fused-ring (bicyclic) bond motifs is 1. The lowest BCUT2D eigenvalue weighted by molar-refractivity contribution is 0.0696. The fourth-order valence-corrected chi connectivity index (χ4v) is 4.65. The van der Waals surface area contributed by atoms with Gasteiger partial charge in [-0.2, -0.15) is 0 Å². The largest absolute Gasteiger partial charge is 0.478 e. The Morgan fingerprint density at radius 2 is 1.97 bits per heavy atom. The zero-order chi connectivity index (χ0) is 27.4. The van der Waals surface area contributed by atoms with Gasteiger partial charge in [0.1, 0.15) is 16.7 Å². The number of aromatic carboxylic acids is 1. The molecule has 2 aromatic heterocycles. The quantitative estimate of drug-likeness (QED) is 0.209. The fraction of sp³-hybridized carbons (Fsp3) is 0.207. The highest BCUT2D eigenvalue weighted by Crippen LogP contribution is 2.31. The van der Waals surface area contributed by atoms with Gasteiger partial charge < -0.3 is 30.0 Å². The number of carbonyl (C=O) groups is 2. The first kappa shape index (κ1) is 26.4. The molecule has 0 spiro atoms. The first-order chi connectivity index (χ1) is 18.8. The number of rotatable bonds is 9. The number of carboxylic acids is 1. The third kappa shape index (κ3) is 6.64. The molecule has 1 aliphatic rings. The summed E-state index contributed by atoms with van der Waals surface area (Å²) in [6.45, 7) is 0.383. The number of benzene rings is 2. The number of anilines is 1. The van der Waals surface area contributed by atoms with Gasteiger partial charge in [-0.05, 0) is 72.9 Å². The van der Waals surface area contributed by atoms with Crippen LogP contribution in [0.1, 0.15) is 50.1 Å². The molecule has 2 aromatic carbocycles. The average Bonchev–Trinajstić information content (AvgIpc) is 3.47. The molecule has 0 saturated carbocycles. The molecular weight excluding hydrogens is 522 g/mol. The Labute approximate surface area is 229 Å². The molecule has 5 rings (SSSR count). The third-order valence-corrected chi connectivity index (χ3v) is 6.76. The molecule has 0 fully saturated rings. The summed E-state index contributed by atoms with van der Waals surface area (Å²) in [5.74, 6) is -0.723. The fourth-order valence-electron chi connectivity index (χ4n) is 4.54. The van der Waals surface area contributed by atoms with Gasteiger partial charge in [0, 0.05) is 36.1 Å². The maximum atomic E-state index is 12.4. The zero-order valence-corrected chi connectivity index (χ0v) is 21.5. The van der Waals surface area contributed by atoms with Crippen LogP contribution in [0.15, 0.2) is 77.5 Å². The van der Waals surface area contributed by atoms with Crippen molar-refractivity contribution in [3.8, 4) is 11.5 Å². The molecule has 4 N–H and O–H groups in total. The van der Waals surface area contributed by atoms with E-state index in [0.29, 0.717) is 23.0 Å². The van der Waals surface area contributed by atoms with Gasteiger partial charge in [-0.1, -0.05) is 23.7 Å². The molecule has 0 unspecified atom stereocenters. The Kier molecular flexibility index (Phi) is 7.92. The number of nitrogens with zero attached hydrogens (tertiary/aromatic N) is 1. The molecule has 2 atom stereocenters. The van der Waals surface area contributed by atoms with Gasteiger partial charge >= 0.3 is 5.97 Å². The van der Waals surface area contributed by atoms with E-state index in [0.717, 1.165) is 24.8 Å². The Morgan fingerprint density at radius 1 is 1.10 bits per heavy atom. The molecule has 200 valence electrons. The summed E-state index contributed by atoms with van der Waals surface area (Å²) < 4.78 is 11.1. The number of halogens is 1. The molecule has 1 aliphatic carbocycles. The topological polar surface area (TPSA) is 134 Å². The predicted molar refractivity (Wildman–Crippen MR) is 145 cm³/mol. The van der Waals surface area contributed by atoms with Gasteiger partial charge in [-0.25, -0.2) is 9.78 Å². The number of aryl methyl sites for hydroxylation is 1. The van der Waals surface area contributed by atoms with Crippen LogP contribution in [0.5, 0.6) is 11.5 Å². The molecule has 39 heavy (non-hydrogen) atoms. The number of carbonyl (C=O) groups excluding carboxylic acids is 1. The Hall–Kier alpha value is -4.18. The van der Waals surface area contributed by atoms with Crippen molar-refractivity contribution in [3.05, 3.63) is 106 Å². The highest BCUT2D eigenvalue weighted by molar-refractivity contribution is 6.29. The first-order valence-corrected chi connectivity index (χ1v) is 12.8. The summed E-state index contributed by atoms with van der Waals surface area (Å²) >= 11 is 5.83. The number of pyridine rings is 1. The number of hydrogen-bond acceptors (Lipinski definition) is 7. The van der Waals surface area contributed by atoms with E-state index in [1.54, 1.807) is 30.5 Å². The Bertz CT molecular complexity index is 1470. The van der Waals surface area contributed by atoms with Gasteiger partial charge in [0.25, 0.3) is 5.91 Å². The summed E-state index contributed by atoms with van der Waals surface area (Å²) in [6.07, 6.45) is 4.81. The van der Waals surface area contributed by atoms with Crippen LogP contribution in [-0.4, -0.2) is 39.7 Å². The number of aliphatic hydroxyl groups is 1. The van der Waals surface area contributed by atoms with E-state index in [2.05, 4.69) is 15.6 Å². The lowest BCUT2D eigenvalue weighted by atomic mass is 9.88. The second-order valence-electron chi connectivity index (χ2n) is 9.29. The van der Waals surface area contributed by atoms with E-state index >= 15 is 0 Å². The van der Waals surface area contributed by atoms with E-state index in [-0.39, 0.29) is 28.8 Å². The van der Waals surface area contributed by atoms with Crippen LogP contribution in [0.4, 0.5) is 5.69 Å². The smallest absolute Gasteiger partial charge is 0.335 e. The Balaban J connectivity index is 1.26. The number of ether oxygens (including phenoxy) is 1. The molecule has 2 heterocycles. The van der Waals surface area contributed by atoms with Crippen LogP contribution in [0.2, 0.25) is 5.15 Å². The number of aromatic nitrogens is 1. The van der Waals surface area contributed by atoms with Crippen LogP contribution >= 0.6 is 11.6 Å². The SMILES string of the molecule is O=C(O)c1cc(NC(=O)c2ccco2)cc(Oc2ccc3c(c2)C[C@@H](NC[C@H](O)c2ccc(Cl)nc2)CC3)c1. The standard InChI is InChI=1S/C29H26ClN3O6/c30-27-8-5-18(15-32-27)25(34)16-31-21-6-3-17-4-7-23(12-19(17)10-21)39-24-13-20(29(36)37)11-22(14-24)33-28(35)26-2-1-9-38-26/h1-2,4-5,7-9,11-15,21,25,31,34H,3,6,10,16H2,(H,33,35)(H,36,37)/t21-,25-/m0/s1. The highest BCUT2D eigenvalue weighted by atomic mass is 35.5. The molecule has 0 saturated heterocycles. The van der Waals surface area contributed by atoms with E-state index < -0.39 is 18.0 Å². The molecule has 9 nitrogen and oxygen atoms in total. The molecule has 0 bridgehead atoms. The maximum absolute atomic E-state index is 12.4. The summed E-state index contributed by atoms with van der Waals surface area (Å²) in [5.41, 5.74) is 3.26. The molecule has 1 amide bonds. The molecule has 4 aromatic rings. The molecule has 10 heteroatoms. The summed E-state index contributed by atoms with van der Waals surface area (Å²) in [6, 6.07) is 16.8. The number of hydrogen-bond donors (Lipinski definition) is 4. The first-order valence-electron chi connectivity index (χ1n) is 12.4. The minimum atomic E-state index is -1.15. The van der Waals surface area contributed by atoms with E-state index in [1.807, 2.05) is 18.2 Å². The Morgan fingerprint density at radius 3 is 2.72 bits per heavy atom. The number of amides is 1. The zero-order valence-electron chi connectivity index (χ0n) is 20.8. The van der Waals surface area contributed by atoms with Crippen molar-refractivity contribution in [2.75, 3.05) is 11.9 Å². The monoisotopic (exact) mass is 547 g/mol. The van der Waals surface area contributed by atoms with E-state index in [9.17, 15) is 19.8 Å². The number of aliphatic hydroxyl groups excluding tert-OH is 1. The number of furan rings is 1. The van der Waals surface area contributed by atoms with E-state index in [1.165, 1.54) is 30.0 Å². The van der Waals surface area contributed by atoms with Crippen molar-refractivity contribution < 1.29 is 29.0 Å². The molecule has 0 aliphatic heterocycles. The van der Waals surface area contributed by atoms with Crippen molar-refractivity contribution in [2.45, 2.75) is 31.4 Å². The van der Waals surface area contributed by atoms with Gasteiger partial charge in [-0.15, -0.1) is 0 Å². The lowest BCUT2D eigenvalue weighted by Gasteiger charge is -2.27. The van der Waals surface area contributed by atoms with Crippen molar-refractivity contribution in [2.24, 2.45) is 0 Å². The van der Waals surface area contributed by atoms with Crippen LogP contribution < -0.4 is 15.4 Å². The van der Waals surface area contributed by atoms with Gasteiger partial charge in [-0.3, -0.25) is 4.79 Å². The van der Waals surface area contributed by atoms with Crippen LogP contribution in [-0.2, 0) is 12.8 Å². The summed E-state index contributed by atoms with van der Waals surface area (Å²) in [4.78, 5) is 28.1. The van der Waals surface area contributed by atoms with Gasteiger partial charge in [0.05, 0.1) is 17.9 Å². The minimum absolute atomic E-state index is 0.0288. The van der Waals surface area contributed by atoms with Crippen molar-refractivity contribution in [1.29, 1.82) is 0 Å². The van der Waals surface area contributed by atoms with E-state index in [4.69, 9.17) is 20.8 Å².